The predicted molar refractivity (Wildman–Crippen MR) is 90.9 cm³/mol. The number of nitrogen functional groups attached to an aromatic ring is 1. The fraction of sp³-hybridized carbons (Fsp3) is 0.333. The van der Waals surface area contributed by atoms with E-state index in [1.54, 1.807) is 19.5 Å². The van der Waals surface area contributed by atoms with E-state index in [0.29, 0.717) is 24.6 Å². The Morgan fingerprint density at radius 2 is 2.13 bits per heavy atom. The third-order valence-electron chi connectivity index (χ3n) is 3.75. The third kappa shape index (κ3) is 2.79. The molecule has 0 saturated carbocycles. The Balaban J connectivity index is 1.99. The molecule has 0 aromatic carbocycles. The average molecular weight is 333 g/mol. The molecule has 0 unspecified atom stereocenters. The van der Waals surface area contributed by atoms with Gasteiger partial charge in [0.05, 0.1) is 25.9 Å². The van der Waals surface area contributed by atoms with Crippen molar-refractivity contribution in [3.8, 4) is 5.75 Å². The first-order valence-corrected chi connectivity index (χ1v) is 7.48. The first kappa shape index (κ1) is 15.5. The summed E-state index contributed by atoms with van der Waals surface area (Å²) < 4.78 is 5.46. The Hall–Kier alpha value is -2.41. The van der Waals surface area contributed by atoms with Gasteiger partial charge in [0.2, 0.25) is 5.95 Å². The highest BCUT2D eigenvalue weighted by atomic mass is 35.5. The minimum atomic E-state index is 0.127. The van der Waals surface area contributed by atoms with Crippen molar-refractivity contribution < 1.29 is 4.74 Å². The number of hydrogen-bond acceptors (Lipinski definition) is 7. The number of pyridine rings is 1. The molecule has 0 bridgehead atoms. The van der Waals surface area contributed by atoms with E-state index in [-0.39, 0.29) is 11.1 Å². The summed E-state index contributed by atoms with van der Waals surface area (Å²) in [6.07, 6.45) is 3.58. The molecule has 23 heavy (non-hydrogen) atoms. The summed E-state index contributed by atoms with van der Waals surface area (Å²) in [6.45, 7) is 5.11. The molecular weight excluding hydrogens is 316 g/mol. The van der Waals surface area contributed by atoms with Crippen LogP contribution >= 0.6 is 11.6 Å². The van der Waals surface area contributed by atoms with Gasteiger partial charge >= 0.3 is 0 Å². The predicted octanol–water partition coefficient (Wildman–Crippen LogP) is 2.46. The second kappa shape index (κ2) is 6.00. The van der Waals surface area contributed by atoms with Crippen LogP contribution in [0.15, 0.2) is 11.2 Å². The van der Waals surface area contributed by atoms with E-state index in [1.807, 2.05) is 18.7 Å². The molecule has 3 heterocycles. The van der Waals surface area contributed by atoms with Crippen molar-refractivity contribution in [3.05, 3.63) is 28.2 Å². The van der Waals surface area contributed by atoms with Crippen molar-refractivity contribution in [1.82, 2.24) is 15.0 Å². The van der Waals surface area contributed by atoms with Gasteiger partial charge in [0.1, 0.15) is 11.4 Å². The van der Waals surface area contributed by atoms with Crippen molar-refractivity contribution in [3.63, 3.8) is 0 Å². The molecule has 2 aromatic heterocycles. The summed E-state index contributed by atoms with van der Waals surface area (Å²) >= 11 is 6.11. The van der Waals surface area contributed by atoms with Gasteiger partial charge in [-0.1, -0.05) is 11.6 Å². The second-order valence-electron chi connectivity index (χ2n) is 5.28. The molecule has 1 aliphatic rings. The van der Waals surface area contributed by atoms with E-state index in [2.05, 4.69) is 19.9 Å². The monoisotopic (exact) mass is 332 g/mol. The molecule has 0 fully saturated rings. The Kier molecular flexibility index (Phi) is 4.04. The zero-order valence-electron chi connectivity index (χ0n) is 13.2. The lowest BCUT2D eigenvalue weighted by molar-refractivity contribution is 0.407. The van der Waals surface area contributed by atoms with E-state index >= 15 is 0 Å². The summed E-state index contributed by atoms with van der Waals surface area (Å²) in [4.78, 5) is 19.0. The molecule has 3 rings (SSSR count). The molecule has 8 heteroatoms. The highest BCUT2D eigenvalue weighted by Crippen LogP contribution is 2.36. The maximum atomic E-state index is 6.11. The molecule has 2 aromatic rings. The SMILES string of the molecule is COc1c(C)cnc(CN2CC=Nc3c(Cl)nc(N)nc32)c1C. The van der Waals surface area contributed by atoms with Gasteiger partial charge in [-0.15, -0.1) is 0 Å². The van der Waals surface area contributed by atoms with Gasteiger partial charge in [0, 0.05) is 23.5 Å². The van der Waals surface area contributed by atoms with Gasteiger partial charge in [0.15, 0.2) is 11.0 Å². The van der Waals surface area contributed by atoms with Gasteiger partial charge in [-0.3, -0.25) is 9.98 Å². The van der Waals surface area contributed by atoms with Crippen LogP contribution in [-0.4, -0.2) is 34.8 Å². The Morgan fingerprint density at radius 3 is 2.87 bits per heavy atom. The van der Waals surface area contributed by atoms with Gasteiger partial charge < -0.3 is 15.4 Å². The number of aliphatic imine (C=N–C) groups is 1. The number of nitrogens with two attached hydrogens (primary N) is 1. The highest BCUT2D eigenvalue weighted by molar-refractivity contribution is 6.32. The molecule has 0 atom stereocenters. The number of halogens is 1. The minimum Gasteiger partial charge on any atom is -0.496 e. The fourth-order valence-electron chi connectivity index (χ4n) is 2.63. The van der Waals surface area contributed by atoms with Gasteiger partial charge in [0.25, 0.3) is 0 Å². The standard InChI is InChI=1S/C15H17ClN6O/c1-8-6-19-10(9(2)12(8)23-3)7-22-5-4-18-11-13(16)20-15(17)21-14(11)22/h4,6H,5,7H2,1-3H3,(H2,17,20,21). The van der Waals surface area contributed by atoms with Gasteiger partial charge in [-0.25, -0.2) is 0 Å². The van der Waals surface area contributed by atoms with Crippen LogP contribution in [0.4, 0.5) is 17.5 Å². The zero-order chi connectivity index (χ0) is 16.6. The van der Waals surface area contributed by atoms with Crippen molar-refractivity contribution >= 4 is 35.3 Å². The Morgan fingerprint density at radius 1 is 1.35 bits per heavy atom. The third-order valence-corrected chi connectivity index (χ3v) is 4.02. The van der Waals surface area contributed by atoms with E-state index in [1.165, 1.54) is 0 Å². The summed E-state index contributed by atoms with van der Waals surface area (Å²) in [5.74, 6) is 1.59. The Labute approximate surface area is 139 Å². The number of hydrogen-bond donors (Lipinski definition) is 1. The maximum absolute atomic E-state index is 6.11. The fourth-order valence-corrected chi connectivity index (χ4v) is 2.85. The number of aryl methyl sites for hydroxylation is 1. The van der Waals surface area contributed by atoms with Crippen LogP contribution in [0.3, 0.4) is 0 Å². The number of fused-ring (bicyclic) bond motifs is 1. The molecule has 0 saturated heterocycles. The molecule has 7 nitrogen and oxygen atoms in total. The van der Waals surface area contributed by atoms with Crippen molar-refractivity contribution in [2.75, 3.05) is 24.3 Å². The lowest BCUT2D eigenvalue weighted by Crippen LogP contribution is -2.29. The summed E-state index contributed by atoms with van der Waals surface area (Å²) in [5, 5.41) is 0.250. The number of nitrogens with zero attached hydrogens (tertiary/aromatic N) is 5. The topological polar surface area (TPSA) is 89.5 Å². The van der Waals surface area contributed by atoms with Crippen LogP contribution in [0.1, 0.15) is 16.8 Å². The summed E-state index contributed by atoms with van der Waals surface area (Å²) in [6, 6.07) is 0. The Bertz CT molecular complexity index is 792. The second-order valence-corrected chi connectivity index (χ2v) is 5.64. The average Bonchev–Trinajstić information content (AvgIpc) is 2.51. The van der Waals surface area contributed by atoms with Crippen LogP contribution in [0.5, 0.6) is 5.75 Å². The molecule has 0 aliphatic carbocycles. The first-order valence-electron chi connectivity index (χ1n) is 7.10. The quantitative estimate of drug-likeness (QED) is 0.868. The summed E-state index contributed by atoms with van der Waals surface area (Å²) in [7, 11) is 1.66. The van der Waals surface area contributed by atoms with Gasteiger partial charge in [-0.2, -0.15) is 9.97 Å². The molecule has 0 amide bonds. The van der Waals surface area contributed by atoms with Crippen LogP contribution in [0.2, 0.25) is 5.15 Å². The lowest BCUT2D eigenvalue weighted by Gasteiger charge is -2.27. The maximum Gasteiger partial charge on any atom is 0.223 e. The van der Waals surface area contributed by atoms with Gasteiger partial charge in [-0.05, 0) is 13.8 Å². The van der Waals surface area contributed by atoms with Crippen LogP contribution in [-0.2, 0) is 6.54 Å². The first-order chi connectivity index (χ1) is 11.0. The highest BCUT2D eigenvalue weighted by Gasteiger charge is 2.22. The molecule has 1 aliphatic heterocycles. The zero-order valence-corrected chi connectivity index (χ0v) is 13.9. The minimum absolute atomic E-state index is 0.127. The number of aromatic nitrogens is 3. The summed E-state index contributed by atoms with van der Waals surface area (Å²) in [5.41, 5.74) is 9.16. The molecule has 2 N–H and O–H groups in total. The van der Waals surface area contributed by atoms with Crippen LogP contribution < -0.4 is 15.4 Å². The van der Waals surface area contributed by atoms with E-state index in [4.69, 9.17) is 22.1 Å². The molecule has 120 valence electrons. The molecule has 0 radical (unpaired) electrons. The van der Waals surface area contributed by atoms with Crippen molar-refractivity contribution in [2.24, 2.45) is 4.99 Å². The number of methoxy groups -OCH3 is 1. The lowest BCUT2D eigenvalue weighted by atomic mass is 10.1. The van der Waals surface area contributed by atoms with Crippen LogP contribution in [0, 0.1) is 13.8 Å². The normalized spacial score (nSPS) is 13.1. The molecular formula is C15H17ClN6O. The number of anilines is 2. The van der Waals surface area contributed by atoms with E-state index < -0.39 is 0 Å². The largest absolute Gasteiger partial charge is 0.496 e. The van der Waals surface area contributed by atoms with Crippen molar-refractivity contribution in [2.45, 2.75) is 20.4 Å². The number of rotatable bonds is 3. The van der Waals surface area contributed by atoms with Crippen molar-refractivity contribution in [1.29, 1.82) is 0 Å². The smallest absolute Gasteiger partial charge is 0.223 e. The number of ether oxygens (including phenoxy) is 1. The van der Waals surface area contributed by atoms with Crippen LogP contribution in [0.25, 0.3) is 0 Å². The van der Waals surface area contributed by atoms with E-state index in [0.717, 1.165) is 22.6 Å². The van der Waals surface area contributed by atoms with E-state index in [9.17, 15) is 0 Å². The molecule has 0 spiro atoms.